The number of nitrogen functional groups attached to an aromatic ring is 1. The molecule has 4 N–H and O–H groups in total. The van der Waals surface area contributed by atoms with Crippen LogP contribution in [0.5, 0.6) is 0 Å². The van der Waals surface area contributed by atoms with Gasteiger partial charge in [0.15, 0.2) is 5.13 Å². The average molecular weight is 294 g/mol. The molecule has 0 bridgehead atoms. The Labute approximate surface area is 117 Å². The second kappa shape index (κ2) is 5.66. The maximum absolute atomic E-state index is 13.6. The molecule has 0 aliphatic rings. The van der Waals surface area contributed by atoms with E-state index in [0.717, 1.165) is 17.4 Å². The zero-order chi connectivity index (χ0) is 14.7. The van der Waals surface area contributed by atoms with E-state index in [0.29, 0.717) is 5.69 Å². The number of aromatic nitrogens is 1. The number of carbonyl (C=O) groups excluding carboxylic acids is 2. The molecule has 0 spiro atoms. The zero-order valence-electron chi connectivity index (χ0n) is 10.4. The molecule has 1 aromatic carbocycles. The molecule has 0 unspecified atom stereocenters. The SMILES string of the molecule is CC(=O)Nc1ccc(F)c(NC(=O)c2csc(N)n2)c1. The van der Waals surface area contributed by atoms with Crippen LogP contribution in [0.4, 0.5) is 20.9 Å². The summed E-state index contributed by atoms with van der Waals surface area (Å²) < 4.78 is 13.6. The standard InChI is InChI=1S/C12H11FN4O2S/c1-6(18)15-7-2-3-8(13)9(4-7)16-11(19)10-5-20-12(14)17-10/h2-5H,1H3,(H2,14,17)(H,15,18)(H,16,19). The lowest BCUT2D eigenvalue weighted by molar-refractivity contribution is -0.114. The van der Waals surface area contributed by atoms with E-state index in [4.69, 9.17) is 5.73 Å². The summed E-state index contributed by atoms with van der Waals surface area (Å²) in [6, 6.07) is 3.87. The topological polar surface area (TPSA) is 97.1 Å². The molecule has 2 aromatic rings. The first-order valence-corrected chi connectivity index (χ1v) is 6.43. The van der Waals surface area contributed by atoms with Crippen LogP contribution in [-0.4, -0.2) is 16.8 Å². The maximum Gasteiger partial charge on any atom is 0.275 e. The molecule has 6 nitrogen and oxygen atoms in total. The van der Waals surface area contributed by atoms with Gasteiger partial charge in [0.1, 0.15) is 11.5 Å². The number of nitrogens with one attached hydrogen (secondary N) is 2. The van der Waals surface area contributed by atoms with Gasteiger partial charge in [-0.1, -0.05) is 0 Å². The number of anilines is 3. The molecule has 0 fully saturated rings. The Kier molecular flexibility index (Phi) is 3.94. The van der Waals surface area contributed by atoms with Crippen LogP contribution < -0.4 is 16.4 Å². The minimum absolute atomic E-state index is 0.0483. The molecule has 1 heterocycles. The normalized spacial score (nSPS) is 10.1. The Balaban J connectivity index is 2.19. The van der Waals surface area contributed by atoms with Crippen LogP contribution >= 0.6 is 11.3 Å². The first-order valence-electron chi connectivity index (χ1n) is 5.55. The summed E-state index contributed by atoms with van der Waals surface area (Å²) in [5.74, 6) is -1.48. The number of rotatable bonds is 3. The van der Waals surface area contributed by atoms with Crippen molar-refractivity contribution in [2.24, 2.45) is 0 Å². The van der Waals surface area contributed by atoms with E-state index < -0.39 is 11.7 Å². The van der Waals surface area contributed by atoms with Gasteiger partial charge < -0.3 is 16.4 Å². The van der Waals surface area contributed by atoms with Crippen molar-refractivity contribution in [2.75, 3.05) is 16.4 Å². The van der Waals surface area contributed by atoms with Crippen LogP contribution in [0.15, 0.2) is 23.6 Å². The van der Waals surface area contributed by atoms with Crippen LogP contribution in [0.2, 0.25) is 0 Å². The van der Waals surface area contributed by atoms with E-state index in [1.54, 1.807) is 0 Å². The lowest BCUT2D eigenvalue weighted by Gasteiger charge is -2.08. The van der Waals surface area contributed by atoms with Gasteiger partial charge in [-0.3, -0.25) is 9.59 Å². The molecule has 0 aliphatic carbocycles. The van der Waals surface area contributed by atoms with Crippen LogP contribution in [0.3, 0.4) is 0 Å². The zero-order valence-corrected chi connectivity index (χ0v) is 11.3. The fraction of sp³-hybridized carbons (Fsp3) is 0.0833. The van der Waals surface area contributed by atoms with E-state index in [-0.39, 0.29) is 22.4 Å². The molecule has 20 heavy (non-hydrogen) atoms. The Morgan fingerprint density at radius 3 is 2.70 bits per heavy atom. The van der Waals surface area contributed by atoms with Crippen molar-refractivity contribution in [2.45, 2.75) is 6.92 Å². The summed E-state index contributed by atoms with van der Waals surface area (Å²) in [4.78, 5) is 26.6. The van der Waals surface area contributed by atoms with E-state index in [9.17, 15) is 14.0 Å². The monoisotopic (exact) mass is 294 g/mol. The number of halogens is 1. The van der Waals surface area contributed by atoms with Crippen molar-refractivity contribution in [3.8, 4) is 0 Å². The highest BCUT2D eigenvalue weighted by atomic mass is 32.1. The Bertz CT molecular complexity index is 671. The lowest BCUT2D eigenvalue weighted by atomic mass is 10.2. The molecule has 0 radical (unpaired) electrons. The van der Waals surface area contributed by atoms with Gasteiger partial charge in [-0.25, -0.2) is 9.37 Å². The number of carbonyl (C=O) groups is 2. The third-order valence-electron chi connectivity index (χ3n) is 2.29. The first-order chi connectivity index (χ1) is 9.45. The molecule has 0 saturated heterocycles. The molecular formula is C12H11FN4O2S. The van der Waals surface area contributed by atoms with Gasteiger partial charge in [-0.15, -0.1) is 11.3 Å². The predicted molar refractivity (Wildman–Crippen MR) is 75.2 cm³/mol. The second-order valence-corrected chi connectivity index (χ2v) is 4.79. The van der Waals surface area contributed by atoms with E-state index in [1.165, 1.54) is 24.4 Å². The van der Waals surface area contributed by atoms with Gasteiger partial charge in [0, 0.05) is 18.0 Å². The minimum atomic E-state index is -0.615. The average Bonchev–Trinajstić information content (AvgIpc) is 2.79. The van der Waals surface area contributed by atoms with Crippen molar-refractivity contribution in [3.63, 3.8) is 0 Å². The molecular weight excluding hydrogens is 283 g/mol. The quantitative estimate of drug-likeness (QED) is 0.807. The van der Waals surface area contributed by atoms with Crippen LogP contribution in [0.1, 0.15) is 17.4 Å². The highest BCUT2D eigenvalue weighted by Gasteiger charge is 2.13. The van der Waals surface area contributed by atoms with Crippen molar-refractivity contribution >= 4 is 39.7 Å². The number of nitrogens with two attached hydrogens (primary N) is 1. The van der Waals surface area contributed by atoms with Gasteiger partial charge in [0.25, 0.3) is 5.91 Å². The largest absolute Gasteiger partial charge is 0.375 e. The molecule has 104 valence electrons. The molecule has 8 heteroatoms. The number of amides is 2. The Hall–Kier alpha value is -2.48. The fourth-order valence-electron chi connectivity index (χ4n) is 1.48. The van der Waals surface area contributed by atoms with Crippen molar-refractivity contribution in [3.05, 3.63) is 35.1 Å². The summed E-state index contributed by atoms with van der Waals surface area (Å²) >= 11 is 1.11. The summed E-state index contributed by atoms with van der Waals surface area (Å²) in [6.07, 6.45) is 0. The van der Waals surface area contributed by atoms with E-state index in [2.05, 4.69) is 15.6 Å². The Morgan fingerprint density at radius 2 is 2.10 bits per heavy atom. The van der Waals surface area contributed by atoms with E-state index in [1.807, 2.05) is 0 Å². The third-order valence-corrected chi connectivity index (χ3v) is 2.96. The molecule has 0 atom stereocenters. The van der Waals surface area contributed by atoms with Crippen LogP contribution in [0, 0.1) is 5.82 Å². The highest BCUT2D eigenvalue weighted by Crippen LogP contribution is 2.21. The fourth-order valence-corrected chi connectivity index (χ4v) is 2.02. The number of hydrogen-bond acceptors (Lipinski definition) is 5. The Morgan fingerprint density at radius 1 is 1.35 bits per heavy atom. The van der Waals surface area contributed by atoms with Gasteiger partial charge in [-0.05, 0) is 18.2 Å². The molecule has 1 aromatic heterocycles. The number of benzene rings is 1. The minimum Gasteiger partial charge on any atom is -0.375 e. The first kappa shape index (κ1) is 13.9. The number of hydrogen-bond donors (Lipinski definition) is 3. The number of nitrogens with zero attached hydrogens (tertiary/aromatic N) is 1. The van der Waals surface area contributed by atoms with Gasteiger partial charge >= 0.3 is 0 Å². The maximum atomic E-state index is 13.6. The molecule has 0 aliphatic heterocycles. The van der Waals surface area contributed by atoms with Crippen molar-refractivity contribution in [1.82, 2.24) is 4.98 Å². The smallest absolute Gasteiger partial charge is 0.275 e. The summed E-state index contributed by atoms with van der Waals surface area (Å²) in [5, 5.41) is 6.60. The second-order valence-electron chi connectivity index (χ2n) is 3.90. The van der Waals surface area contributed by atoms with Gasteiger partial charge in [0.2, 0.25) is 5.91 Å². The van der Waals surface area contributed by atoms with Crippen LogP contribution in [0.25, 0.3) is 0 Å². The summed E-state index contributed by atoms with van der Waals surface area (Å²) in [5.41, 5.74) is 5.87. The molecule has 0 saturated carbocycles. The van der Waals surface area contributed by atoms with Gasteiger partial charge in [-0.2, -0.15) is 0 Å². The van der Waals surface area contributed by atoms with E-state index >= 15 is 0 Å². The summed E-state index contributed by atoms with van der Waals surface area (Å²) in [7, 11) is 0. The van der Waals surface area contributed by atoms with Crippen molar-refractivity contribution in [1.29, 1.82) is 0 Å². The predicted octanol–water partition coefficient (Wildman–Crippen LogP) is 2.08. The third kappa shape index (κ3) is 3.29. The summed E-state index contributed by atoms with van der Waals surface area (Å²) in [6.45, 7) is 1.33. The van der Waals surface area contributed by atoms with Crippen LogP contribution in [-0.2, 0) is 4.79 Å². The molecule has 2 rings (SSSR count). The van der Waals surface area contributed by atoms with Crippen molar-refractivity contribution < 1.29 is 14.0 Å². The molecule has 2 amide bonds. The number of thiazole rings is 1. The lowest BCUT2D eigenvalue weighted by Crippen LogP contribution is -2.14. The highest BCUT2D eigenvalue weighted by molar-refractivity contribution is 7.13. The van der Waals surface area contributed by atoms with Gasteiger partial charge in [0.05, 0.1) is 5.69 Å².